The number of aromatic nitrogens is 4. The highest BCUT2D eigenvalue weighted by Gasteiger charge is 2.15. The van der Waals surface area contributed by atoms with E-state index in [-0.39, 0.29) is 11.7 Å². The molecular formula is C18H18BrN5O2S. The number of anilines is 1. The molecule has 3 rings (SSSR count). The Hall–Kier alpha value is -2.39. The average molecular weight is 448 g/mol. The van der Waals surface area contributed by atoms with Crippen LogP contribution in [0.5, 0.6) is 5.75 Å². The summed E-state index contributed by atoms with van der Waals surface area (Å²) in [5.74, 6) is 0.713. The number of nitrogens with one attached hydrogen (secondary N) is 1. The minimum absolute atomic E-state index is 0.129. The highest BCUT2D eigenvalue weighted by Crippen LogP contribution is 2.27. The fourth-order valence-corrected chi connectivity index (χ4v) is 3.63. The predicted molar refractivity (Wildman–Crippen MR) is 109 cm³/mol. The van der Waals surface area contributed by atoms with Gasteiger partial charge in [-0.15, -0.1) is 5.10 Å². The standard InChI is InChI=1S/C18H18BrN5O2S/c1-11-4-7-16(26-3)15(8-11)24-18(21-22-23-24)27-10-17(25)20-14-6-5-13(19)9-12(14)2/h4-9H,10H2,1-3H3,(H,20,25). The lowest BCUT2D eigenvalue weighted by Crippen LogP contribution is -2.15. The van der Waals surface area contributed by atoms with E-state index >= 15 is 0 Å². The monoisotopic (exact) mass is 447 g/mol. The summed E-state index contributed by atoms with van der Waals surface area (Å²) in [5.41, 5.74) is 3.55. The number of thioether (sulfide) groups is 1. The van der Waals surface area contributed by atoms with Crippen LogP contribution in [0.25, 0.3) is 5.69 Å². The Morgan fingerprint density at radius 3 is 2.81 bits per heavy atom. The first-order chi connectivity index (χ1) is 13.0. The molecule has 0 spiro atoms. The van der Waals surface area contributed by atoms with Gasteiger partial charge in [-0.05, 0) is 65.7 Å². The Labute approximate surface area is 169 Å². The molecule has 9 heteroatoms. The van der Waals surface area contributed by atoms with E-state index in [2.05, 4.69) is 36.8 Å². The maximum Gasteiger partial charge on any atom is 0.234 e. The molecule has 0 aliphatic carbocycles. The summed E-state index contributed by atoms with van der Waals surface area (Å²) in [5, 5.41) is 15.2. The first-order valence-corrected chi connectivity index (χ1v) is 9.88. The Balaban J connectivity index is 1.72. The van der Waals surface area contributed by atoms with Gasteiger partial charge in [-0.25, -0.2) is 0 Å². The zero-order valence-corrected chi connectivity index (χ0v) is 17.5. The number of rotatable bonds is 6. The SMILES string of the molecule is COc1ccc(C)cc1-n1nnnc1SCC(=O)Nc1ccc(Br)cc1C. The highest BCUT2D eigenvalue weighted by molar-refractivity contribution is 9.10. The lowest BCUT2D eigenvalue weighted by atomic mass is 10.2. The fraction of sp³-hybridized carbons (Fsp3) is 0.222. The van der Waals surface area contributed by atoms with Crippen LogP contribution in [0, 0.1) is 13.8 Å². The van der Waals surface area contributed by atoms with Crippen LogP contribution in [0.1, 0.15) is 11.1 Å². The number of aryl methyl sites for hydroxylation is 2. The number of amides is 1. The first kappa shape index (κ1) is 19.4. The fourth-order valence-electron chi connectivity index (χ4n) is 2.47. The normalized spacial score (nSPS) is 10.7. The molecule has 0 bridgehead atoms. The molecule has 0 radical (unpaired) electrons. The van der Waals surface area contributed by atoms with Gasteiger partial charge in [0.15, 0.2) is 0 Å². The van der Waals surface area contributed by atoms with Crippen LogP contribution < -0.4 is 10.1 Å². The topological polar surface area (TPSA) is 81.9 Å². The van der Waals surface area contributed by atoms with Gasteiger partial charge in [-0.1, -0.05) is 33.8 Å². The number of carbonyl (C=O) groups is 1. The van der Waals surface area contributed by atoms with Crippen LogP contribution >= 0.6 is 27.7 Å². The van der Waals surface area contributed by atoms with E-state index in [1.165, 1.54) is 11.8 Å². The van der Waals surface area contributed by atoms with E-state index < -0.39 is 0 Å². The van der Waals surface area contributed by atoms with Crippen molar-refractivity contribution in [2.45, 2.75) is 19.0 Å². The van der Waals surface area contributed by atoms with Gasteiger partial charge in [-0.3, -0.25) is 4.79 Å². The molecule has 0 saturated heterocycles. The lowest BCUT2D eigenvalue weighted by molar-refractivity contribution is -0.113. The molecular weight excluding hydrogens is 430 g/mol. The molecule has 1 amide bonds. The van der Waals surface area contributed by atoms with Gasteiger partial charge in [0.25, 0.3) is 0 Å². The maximum absolute atomic E-state index is 12.3. The third kappa shape index (κ3) is 4.67. The quantitative estimate of drug-likeness (QED) is 0.578. The number of hydrogen-bond acceptors (Lipinski definition) is 6. The van der Waals surface area contributed by atoms with Crippen molar-refractivity contribution in [2.75, 3.05) is 18.2 Å². The summed E-state index contributed by atoms with van der Waals surface area (Å²) < 4.78 is 7.95. The Bertz CT molecular complexity index is 976. The summed E-state index contributed by atoms with van der Waals surface area (Å²) in [6.45, 7) is 3.92. The van der Waals surface area contributed by atoms with Crippen LogP contribution in [0.2, 0.25) is 0 Å². The summed E-state index contributed by atoms with van der Waals surface area (Å²) in [6, 6.07) is 11.5. The van der Waals surface area contributed by atoms with Crippen molar-refractivity contribution in [2.24, 2.45) is 0 Å². The van der Waals surface area contributed by atoms with E-state index in [0.717, 1.165) is 27.0 Å². The van der Waals surface area contributed by atoms with Crippen molar-refractivity contribution in [1.29, 1.82) is 0 Å². The van der Waals surface area contributed by atoms with E-state index in [0.29, 0.717) is 10.9 Å². The second-order valence-corrected chi connectivity index (χ2v) is 7.70. The van der Waals surface area contributed by atoms with E-state index in [9.17, 15) is 4.79 Å². The van der Waals surface area contributed by atoms with Crippen molar-refractivity contribution in [1.82, 2.24) is 20.2 Å². The molecule has 1 heterocycles. The van der Waals surface area contributed by atoms with Crippen molar-refractivity contribution in [3.05, 3.63) is 52.0 Å². The summed E-state index contributed by atoms with van der Waals surface area (Å²) in [6.07, 6.45) is 0. The van der Waals surface area contributed by atoms with Crippen LogP contribution in [0.3, 0.4) is 0 Å². The zero-order chi connectivity index (χ0) is 19.4. The average Bonchev–Trinajstić information content (AvgIpc) is 3.11. The van der Waals surface area contributed by atoms with Gasteiger partial charge in [0.2, 0.25) is 11.1 Å². The molecule has 0 unspecified atom stereocenters. The zero-order valence-electron chi connectivity index (χ0n) is 15.1. The summed E-state index contributed by atoms with van der Waals surface area (Å²) >= 11 is 4.67. The number of carbonyl (C=O) groups excluding carboxylic acids is 1. The number of tetrazole rings is 1. The molecule has 27 heavy (non-hydrogen) atoms. The molecule has 0 saturated carbocycles. The molecule has 0 fully saturated rings. The Morgan fingerprint density at radius 2 is 2.07 bits per heavy atom. The smallest absolute Gasteiger partial charge is 0.234 e. The maximum atomic E-state index is 12.3. The first-order valence-electron chi connectivity index (χ1n) is 8.10. The van der Waals surface area contributed by atoms with Crippen molar-refractivity contribution in [3.63, 3.8) is 0 Å². The second-order valence-electron chi connectivity index (χ2n) is 5.84. The largest absolute Gasteiger partial charge is 0.494 e. The molecule has 1 N–H and O–H groups in total. The Kier molecular flexibility index (Phi) is 6.12. The number of methoxy groups -OCH3 is 1. The number of nitrogens with zero attached hydrogens (tertiary/aromatic N) is 4. The molecule has 140 valence electrons. The number of ether oxygens (including phenoxy) is 1. The van der Waals surface area contributed by atoms with Crippen molar-refractivity contribution in [3.8, 4) is 11.4 Å². The van der Waals surface area contributed by atoms with E-state index in [4.69, 9.17) is 4.74 Å². The minimum Gasteiger partial charge on any atom is -0.494 e. The predicted octanol–water partition coefficient (Wildman–Crippen LogP) is 3.78. The third-order valence-electron chi connectivity index (χ3n) is 3.80. The van der Waals surface area contributed by atoms with Gasteiger partial charge < -0.3 is 10.1 Å². The van der Waals surface area contributed by atoms with Gasteiger partial charge in [0.05, 0.1) is 12.9 Å². The highest BCUT2D eigenvalue weighted by atomic mass is 79.9. The molecule has 2 aromatic carbocycles. The minimum atomic E-state index is -0.129. The summed E-state index contributed by atoms with van der Waals surface area (Å²) in [7, 11) is 1.60. The van der Waals surface area contributed by atoms with Crippen molar-refractivity contribution < 1.29 is 9.53 Å². The number of benzene rings is 2. The van der Waals surface area contributed by atoms with Gasteiger partial charge >= 0.3 is 0 Å². The molecule has 1 aromatic heterocycles. The van der Waals surface area contributed by atoms with Crippen LogP contribution in [0.4, 0.5) is 5.69 Å². The molecule has 0 atom stereocenters. The van der Waals surface area contributed by atoms with Crippen LogP contribution in [-0.2, 0) is 4.79 Å². The van der Waals surface area contributed by atoms with Gasteiger partial charge in [-0.2, -0.15) is 4.68 Å². The molecule has 0 aliphatic rings. The van der Waals surface area contributed by atoms with Gasteiger partial charge in [0, 0.05) is 10.2 Å². The van der Waals surface area contributed by atoms with Crippen molar-refractivity contribution >= 4 is 39.3 Å². The van der Waals surface area contributed by atoms with E-state index in [1.807, 2.05) is 50.2 Å². The number of hydrogen-bond donors (Lipinski definition) is 1. The van der Waals surface area contributed by atoms with Crippen LogP contribution in [-0.4, -0.2) is 39.0 Å². The number of halogens is 1. The van der Waals surface area contributed by atoms with Gasteiger partial charge in [0.1, 0.15) is 11.4 Å². The summed E-state index contributed by atoms with van der Waals surface area (Å²) in [4.78, 5) is 12.3. The molecule has 3 aromatic rings. The molecule has 0 aliphatic heterocycles. The third-order valence-corrected chi connectivity index (χ3v) is 5.21. The lowest BCUT2D eigenvalue weighted by Gasteiger charge is -2.11. The Morgan fingerprint density at radius 1 is 1.26 bits per heavy atom. The van der Waals surface area contributed by atoms with E-state index in [1.54, 1.807) is 11.8 Å². The second kappa shape index (κ2) is 8.53. The van der Waals surface area contributed by atoms with Crippen LogP contribution in [0.15, 0.2) is 46.0 Å². The molecule has 7 nitrogen and oxygen atoms in total.